The van der Waals surface area contributed by atoms with Crippen LogP contribution in [0.25, 0.3) is 0 Å². The lowest BCUT2D eigenvalue weighted by atomic mass is 9.67. The van der Waals surface area contributed by atoms with E-state index < -0.39 is 0 Å². The van der Waals surface area contributed by atoms with Crippen LogP contribution in [0.2, 0.25) is 0 Å². The molecular formula is C19H37NO. The molecule has 0 radical (unpaired) electrons. The average molecular weight is 296 g/mol. The van der Waals surface area contributed by atoms with Gasteiger partial charge >= 0.3 is 0 Å². The molecule has 1 N–H and O–H groups in total. The maximum absolute atomic E-state index is 10.5. The molecule has 124 valence electrons. The van der Waals surface area contributed by atoms with Crippen LogP contribution in [0.5, 0.6) is 0 Å². The normalized spacial score (nSPS) is 32.6. The Bertz CT molecular complexity index is 309. The van der Waals surface area contributed by atoms with Gasteiger partial charge < -0.3 is 10.0 Å². The quantitative estimate of drug-likeness (QED) is 0.809. The molecule has 0 aromatic carbocycles. The summed E-state index contributed by atoms with van der Waals surface area (Å²) in [6.45, 7) is 8.33. The molecule has 21 heavy (non-hydrogen) atoms. The van der Waals surface area contributed by atoms with Gasteiger partial charge in [-0.2, -0.15) is 0 Å². The zero-order valence-electron chi connectivity index (χ0n) is 14.8. The van der Waals surface area contributed by atoms with Crippen molar-refractivity contribution in [3.05, 3.63) is 0 Å². The molecule has 2 saturated carbocycles. The summed E-state index contributed by atoms with van der Waals surface area (Å²) in [4.78, 5) is 2.50. The SMILES string of the molecule is CCC(C)(C)C1CCC(O)C(N(C)CC2CCCCC2)C1. The third kappa shape index (κ3) is 4.45. The van der Waals surface area contributed by atoms with Gasteiger partial charge in [0.2, 0.25) is 0 Å². The molecular weight excluding hydrogens is 258 g/mol. The molecule has 2 aliphatic carbocycles. The van der Waals surface area contributed by atoms with Crippen LogP contribution in [0.1, 0.15) is 78.6 Å². The lowest BCUT2D eigenvalue weighted by Gasteiger charge is -2.45. The summed E-state index contributed by atoms with van der Waals surface area (Å²) >= 11 is 0. The summed E-state index contributed by atoms with van der Waals surface area (Å²) in [7, 11) is 2.25. The van der Waals surface area contributed by atoms with Crippen LogP contribution in [-0.4, -0.2) is 35.7 Å². The van der Waals surface area contributed by atoms with Crippen LogP contribution in [0, 0.1) is 17.3 Å². The van der Waals surface area contributed by atoms with Gasteiger partial charge in [0.15, 0.2) is 0 Å². The van der Waals surface area contributed by atoms with Crippen molar-refractivity contribution in [1.29, 1.82) is 0 Å². The molecule has 0 bridgehead atoms. The van der Waals surface area contributed by atoms with Gasteiger partial charge in [0.1, 0.15) is 0 Å². The highest BCUT2D eigenvalue weighted by molar-refractivity contribution is 4.91. The minimum absolute atomic E-state index is 0.109. The highest BCUT2D eigenvalue weighted by Crippen LogP contribution is 2.41. The Hall–Kier alpha value is -0.0800. The van der Waals surface area contributed by atoms with E-state index in [4.69, 9.17) is 0 Å². The average Bonchev–Trinajstić information content (AvgIpc) is 2.48. The molecule has 2 aliphatic rings. The molecule has 2 heteroatoms. The molecule has 3 unspecified atom stereocenters. The number of likely N-dealkylation sites (N-methyl/N-ethyl adjacent to an activating group) is 1. The first-order valence-corrected chi connectivity index (χ1v) is 9.32. The number of hydrogen-bond donors (Lipinski definition) is 1. The van der Waals surface area contributed by atoms with Gasteiger partial charge in [-0.15, -0.1) is 0 Å². The van der Waals surface area contributed by atoms with Crippen molar-refractivity contribution in [3.8, 4) is 0 Å². The number of rotatable bonds is 5. The Morgan fingerprint density at radius 3 is 2.33 bits per heavy atom. The van der Waals surface area contributed by atoms with Crippen LogP contribution >= 0.6 is 0 Å². The fourth-order valence-electron chi connectivity index (χ4n) is 4.52. The van der Waals surface area contributed by atoms with Gasteiger partial charge in [-0.05, 0) is 56.4 Å². The standard InChI is InChI=1S/C19H37NO/c1-5-19(2,3)16-11-12-18(21)17(13-16)20(4)14-15-9-7-6-8-10-15/h15-18,21H,5-14H2,1-4H3. The molecule has 3 atom stereocenters. The second kappa shape index (κ2) is 7.46. The Morgan fingerprint density at radius 2 is 1.71 bits per heavy atom. The van der Waals surface area contributed by atoms with E-state index in [0.29, 0.717) is 11.5 Å². The van der Waals surface area contributed by atoms with Crippen molar-refractivity contribution < 1.29 is 5.11 Å². The molecule has 0 aliphatic heterocycles. The Balaban J connectivity index is 1.92. The zero-order valence-corrected chi connectivity index (χ0v) is 14.8. The number of aliphatic hydroxyl groups is 1. The minimum atomic E-state index is -0.109. The summed E-state index contributed by atoms with van der Waals surface area (Å²) in [5.74, 6) is 1.64. The van der Waals surface area contributed by atoms with Crippen molar-refractivity contribution >= 4 is 0 Å². The summed E-state index contributed by atoms with van der Waals surface area (Å²) in [6, 6.07) is 0.386. The van der Waals surface area contributed by atoms with Gasteiger partial charge in [0.05, 0.1) is 6.10 Å². The number of aliphatic hydroxyl groups excluding tert-OH is 1. The molecule has 0 spiro atoms. The molecule has 0 amide bonds. The molecule has 0 saturated heterocycles. The van der Waals surface area contributed by atoms with Crippen molar-refractivity contribution in [1.82, 2.24) is 4.90 Å². The van der Waals surface area contributed by atoms with Crippen LogP contribution in [0.4, 0.5) is 0 Å². The summed E-state index contributed by atoms with van der Waals surface area (Å²) in [5, 5.41) is 10.5. The third-order valence-electron chi connectivity index (χ3n) is 6.63. The summed E-state index contributed by atoms with van der Waals surface area (Å²) in [5.41, 5.74) is 0.421. The highest BCUT2D eigenvalue weighted by atomic mass is 16.3. The second-order valence-electron chi connectivity index (χ2n) is 8.43. The van der Waals surface area contributed by atoms with E-state index in [1.807, 2.05) is 0 Å². The number of nitrogens with zero attached hydrogens (tertiary/aromatic N) is 1. The topological polar surface area (TPSA) is 23.5 Å². The molecule has 0 aromatic rings. The van der Waals surface area contributed by atoms with E-state index >= 15 is 0 Å². The van der Waals surface area contributed by atoms with Crippen LogP contribution in [-0.2, 0) is 0 Å². The van der Waals surface area contributed by atoms with Crippen LogP contribution in [0.15, 0.2) is 0 Å². The molecule has 2 nitrogen and oxygen atoms in total. The smallest absolute Gasteiger partial charge is 0.0695 e. The van der Waals surface area contributed by atoms with Gasteiger partial charge in [0, 0.05) is 12.6 Å². The highest BCUT2D eigenvalue weighted by Gasteiger charge is 2.38. The fourth-order valence-corrected chi connectivity index (χ4v) is 4.52. The largest absolute Gasteiger partial charge is 0.391 e. The first-order valence-electron chi connectivity index (χ1n) is 9.32. The molecule has 0 aromatic heterocycles. The van der Waals surface area contributed by atoms with E-state index in [1.54, 1.807) is 0 Å². The van der Waals surface area contributed by atoms with Gasteiger partial charge in [-0.3, -0.25) is 0 Å². The van der Waals surface area contributed by atoms with E-state index in [-0.39, 0.29) is 6.10 Å². The zero-order chi connectivity index (χ0) is 15.5. The third-order valence-corrected chi connectivity index (χ3v) is 6.63. The van der Waals surface area contributed by atoms with E-state index in [9.17, 15) is 5.11 Å². The monoisotopic (exact) mass is 295 g/mol. The molecule has 0 heterocycles. The van der Waals surface area contributed by atoms with Crippen LogP contribution in [0.3, 0.4) is 0 Å². The van der Waals surface area contributed by atoms with E-state index in [1.165, 1.54) is 57.9 Å². The second-order valence-corrected chi connectivity index (χ2v) is 8.43. The van der Waals surface area contributed by atoms with Crippen molar-refractivity contribution in [3.63, 3.8) is 0 Å². The fraction of sp³-hybridized carbons (Fsp3) is 1.00. The van der Waals surface area contributed by atoms with E-state index in [2.05, 4.69) is 32.7 Å². The Morgan fingerprint density at radius 1 is 1.05 bits per heavy atom. The van der Waals surface area contributed by atoms with Gasteiger partial charge in [-0.25, -0.2) is 0 Å². The maximum Gasteiger partial charge on any atom is 0.0695 e. The maximum atomic E-state index is 10.5. The Kier molecular flexibility index (Phi) is 6.14. The predicted molar refractivity (Wildman–Crippen MR) is 90.4 cm³/mol. The van der Waals surface area contributed by atoms with Gasteiger partial charge in [0.25, 0.3) is 0 Å². The minimum Gasteiger partial charge on any atom is -0.391 e. The van der Waals surface area contributed by atoms with Crippen molar-refractivity contribution in [2.24, 2.45) is 17.3 Å². The molecule has 2 fully saturated rings. The number of hydrogen-bond acceptors (Lipinski definition) is 2. The Labute approximate surface area is 132 Å². The summed E-state index contributed by atoms with van der Waals surface area (Å²) in [6.07, 6.45) is 11.6. The van der Waals surface area contributed by atoms with E-state index in [0.717, 1.165) is 18.3 Å². The summed E-state index contributed by atoms with van der Waals surface area (Å²) < 4.78 is 0. The lowest BCUT2D eigenvalue weighted by molar-refractivity contribution is -0.0176. The molecule has 2 rings (SSSR count). The van der Waals surface area contributed by atoms with Crippen molar-refractivity contribution in [2.75, 3.05) is 13.6 Å². The first-order chi connectivity index (χ1) is 9.94. The predicted octanol–water partition coefficient (Wildman–Crippen LogP) is 4.46. The lowest BCUT2D eigenvalue weighted by Crippen LogP contribution is -2.49. The first kappa shape index (κ1) is 17.3. The van der Waals surface area contributed by atoms with Crippen molar-refractivity contribution in [2.45, 2.75) is 90.7 Å². The van der Waals surface area contributed by atoms with Gasteiger partial charge in [-0.1, -0.05) is 46.5 Å². The van der Waals surface area contributed by atoms with Crippen LogP contribution < -0.4 is 0 Å².